The van der Waals surface area contributed by atoms with E-state index in [4.69, 9.17) is 4.74 Å². The summed E-state index contributed by atoms with van der Waals surface area (Å²) in [7, 11) is 0. The van der Waals surface area contributed by atoms with Gasteiger partial charge in [-0.2, -0.15) is 5.10 Å². The molecule has 3 aromatic heterocycles. The van der Waals surface area contributed by atoms with Crippen molar-refractivity contribution in [3.05, 3.63) is 107 Å². The summed E-state index contributed by atoms with van der Waals surface area (Å²) in [6.07, 6.45) is 10.0. The monoisotopic (exact) mass is 529 g/mol. The summed E-state index contributed by atoms with van der Waals surface area (Å²) in [4.78, 5) is 10.5. The molecule has 0 unspecified atom stereocenters. The lowest BCUT2D eigenvalue weighted by molar-refractivity contribution is 0.237. The highest BCUT2D eigenvalue weighted by Crippen LogP contribution is 2.36. The molecule has 198 valence electrons. The topological polar surface area (TPSA) is 69.8 Å². The molecular weight excluding hydrogens is 501 g/mol. The van der Waals surface area contributed by atoms with Crippen LogP contribution in [0.25, 0.3) is 45.2 Å². The fourth-order valence-electron chi connectivity index (χ4n) is 5.53. The molecule has 40 heavy (non-hydrogen) atoms. The maximum atomic E-state index is 14.8. The summed E-state index contributed by atoms with van der Waals surface area (Å²) in [6, 6.07) is 19.1. The number of nitrogens with one attached hydrogen (secondary N) is 2. The molecule has 7 heteroatoms. The van der Waals surface area contributed by atoms with E-state index in [0.29, 0.717) is 12.4 Å². The predicted octanol–water partition coefficient (Wildman–Crippen LogP) is 6.85. The number of allylic oxidation sites excluding steroid dienone is 2. The quantitative estimate of drug-likeness (QED) is 0.226. The Morgan fingerprint density at radius 2 is 1.88 bits per heavy atom. The van der Waals surface area contributed by atoms with Crippen LogP contribution in [0.1, 0.15) is 29.7 Å². The van der Waals surface area contributed by atoms with Crippen LogP contribution < -0.4 is 4.74 Å². The fraction of sp³-hybridized carbons (Fsp3) is 0.182. The van der Waals surface area contributed by atoms with E-state index < -0.39 is 0 Å². The first-order valence-electron chi connectivity index (χ1n) is 13.6. The molecular formula is C33H28FN5O. The van der Waals surface area contributed by atoms with Crippen LogP contribution in [-0.4, -0.2) is 51.3 Å². The lowest BCUT2D eigenvalue weighted by atomic mass is 9.97. The van der Waals surface area contributed by atoms with Crippen molar-refractivity contribution in [2.24, 2.45) is 0 Å². The largest absolute Gasteiger partial charge is 0.492 e. The number of rotatable bonds is 7. The number of halogens is 1. The van der Waals surface area contributed by atoms with Crippen molar-refractivity contribution in [2.45, 2.75) is 12.8 Å². The minimum atomic E-state index is -0.327. The van der Waals surface area contributed by atoms with Gasteiger partial charge in [-0.15, -0.1) is 5.73 Å². The van der Waals surface area contributed by atoms with E-state index >= 15 is 0 Å². The van der Waals surface area contributed by atoms with Gasteiger partial charge in [0.1, 0.15) is 23.9 Å². The van der Waals surface area contributed by atoms with Crippen molar-refractivity contribution in [1.82, 2.24) is 25.1 Å². The number of H-pyrrole nitrogens is 2. The molecule has 0 amide bonds. The number of likely N-dealkylation sites (tertiary alicyclic amines) is 1. The Hall–Kier alpha value is -4.71. The van der Waals surface area contributed by atoms with Crippen LogP contribution in [0.4, 0.5) is 4.39 Å². The van der Waals surface area contributed by atoms with Gasteiger partial charge in [0.25, 0.3) is 0 Å². The normalized spacial score (nSPS) is 14.9. The molecule has 2 aliphatic rings. The van der Waals surface area contributed by atoms with Crippen molar-refractivity contribution in [1.29, 1.82) is 0 Å². The number of fused-ring (bicyclic) bond motifs is 2. The smallest absolute Gasteiger partial charge is 0.127 e. The second-order valence-electron chi connectivity index (χ2n) is 10.2. The first-order valence-corrected chi connectivity index (χ1v) is 13.6. The van der Waals surface area contributed by atoms with E-state index in [2.05, 4.69) is 42.9 Å². The van der Waals surface area contributed by atoms with Gasteiger partial charge in [0.05, 0.1) is 28.8 Å². The average Bonchev–Trinajstić information content (AvgIpc) is 3.71. The SMILES string of the molecule is Fc1cc(OCCN2CCCC2)cc(C2=CC=C=Cc3[nH]c(-c4n[nH]c5cnc(-c6ccccc6)cc45)cc32)c1. The summed E-state index contributed by atoms with van der Waals surface area (Å²) in [6.45, 7) is 3.61. The van der Waals surface area contributed by atoms with Gasteiger partial charge in [0.15, 0.2) is 0 Å². The molecule has 0 radical (unpaired) electrons. The highest BCUT2D eigenvalue weighted by Gasteiger charge is 2.19. The van der Waals surface area contributed by atoms with Gasteiger partial charge in [0.2, 0.25) is 0 Å². The Bertz CT molecular complexity index is 1790. The third kappa shape index (κ3) is 4.77. The number of benzene rings is 2. The van der Waals surface area contributed by atoms with E-state index in [1.54, 1.807) is 6.07 Å². The summed E-state index contributed by atoms with van der Waals surface area (Å²) in [5.74, 6) is 0.208. The highest BCUT2D eigenvalue weighted by atomic mass is 19.1. The van der Waals surface area contributed by atoms with Crippen LogP contribution in [0.3, 0.4) is 0 Å². The standard InChI is InChI=1S/C33H28FN5O/c34-24-16-23(17-25(18-24)40-15-14-39-12-6-7-13-39)26-10-4-5-11-29-27(26)19-31(36-29)33-28-20-30(22-8-2-1-3-9-22)35-21-32(28)37-38-33/h1-4,8-11,16-21,36H,6-7,12-15H2,(H,37,38). The van der Waals surface area contributed by atoms with Crippen LogP contribution in [-0.2, 0) is 0 Å². The van der Waals surface area contributed by atoms with Gasteiger partial charge in [0, 0.05) is 35.2 Å². The van der Waals surface area contributed by atoms with E-state index in [1.807, 2.05) is 60.8 Å². The van der Waals surface area contributed by atoms with E-state index in [1.165, 1.54) is 18.9 Å². The van der Waals surface area contributed by atoms with Crippen molar-refractivity contribution >= 4 is 22.6 Å². The zero-order valence-corrected chi connectivity index (χ0v) is 22.0. The molecule has 5 aromatic rings. The molecule has 0 bridgehead atoms. The van der Waals surface area contributed by atoms with Gasteiger partial charge in [-0.1, -0.05) is 30.3 Å². The van der Waals surface area contributed by atoms with Crippen molar-refractivity contribution < 1.29 is 9.13 Å². The Morgan fingerprint density at radius 1 is 1.00 bits per heavy atom. The predicted molar refractivity (Wildman–Crippen MR) is 156 cm³/mol. The summed E-state index contributed by atoms with van der Waals surface area (Å²) in [5, 5.41) is 8.69. The van der Waals surface area contributed by atoms with Crippen molar-refractivity contribution in [2.75, 3.05) is 26.2 Å². The molecule has 0 spiro atoms. The summed E-state index contributed by atoms with van der Waals surface area (Å²) < 4.78 is 20.8. The molecule has 0 saturated carbocycles. The maximum absolute atomic E-state index is 14.8. The van der Waals surface area contributed by atoms with Crippen molar-refractivity contribution in [3.63, 3.8) is 0 Å². The van der Waals surface area contributed by atoms with Crippen LogP contribution in [0.2, 0.25) is 0 Å². The lowest BCUT2D eigenvalue weighted by Crippen LogP contribution is -2.25. The molecule has 1 saturated heterocycles. The second-order valence-corrected chi connectivity index (χ2v) is 10.2. The molecule has 7 rings (SSSR count). The Morgan fingerprint density at radius 3 is 2.75 bits per heavy atom. The number of hydrogen-bond donors (Lipinski definition) is 2. The molecule has 6 nitrogen and oxygen atoms in total. The van der Waals surface area contributed by atoms with Gasteiger partial charge in [-0.25, -0.2) is 4.39 Å². The first kappa shape index (κ1) is 24.3. The number of nitrogens with zero attached hydrogens (tertiary/aromatic N) is 3. The molecule has 1 aliphatic heterocycles. The van der Waals surface area contributed by atoms with E-state index in [9.17, 15) is 4.39 Å². The van der Waals surface area contributed by atoms with Crippen molar-refractivity contribution in [3.8, 4) is 28.4 Å². The maximum Gasteiger partial charge on any atom is 0.127 e. The number of ether oxygens (including phenoxy) is 1. The fourth-order valence-corrected chi connectivity index (χ4v) is 5.53. The summed E-state index contributed by atoms with van der Waals surface area (Å²) in [5.41, 5.74) is 11.1. The number of aromatic amines is 2. The Balaban J connectivity index is 1.22. The number of hydrogen-bond acceptors (Lipinski definition) is 4. The van der Waals surface area contributed by atoms with Gasteiger partial charge >= 0.3 is 0 Å². The molecule has 1 fully saturated rings. The zero-order chi connectivity index (χ0) is 26.9. The molecule has 0 atom stereocenters. The second kappa shape index (κ2) is 10.5. The average molecular weight is 530 g/mol. The van der Waals surface area contributed by atoms with Crippen LogP contribution in [0, 0.1) is 5.82 Å². The van der Waals surface area contributed by atoms with Crippen LogP contribution in [0.5, 0.6) is 5.75 Å². The van der Waals surface area contributed by atoms with Gasteiger partial charge in [-0.3, -0.25) is 15.0 Å². The Kier molecular flexibility index (Phi) is 6.36. The summed E-state index contributed by atoms with van der Waals surface area (Å²) >= 11 is 0. The minimum Gasteiger partial charge on any atom is -0.492 e. The minimum absolute atomic E-state index is 0.327. The van der Waals surface area contributed by atoms with Gasteiger partial charge < -0.3 is 9.72 Å². The lowest BCUT2D eigenvalue weighted by Gasteiger charge is -2.16. The van der Waals surface area contributed by atoms with Crippen LogP contribution in [0.15, 0.2) is 84.7 Å². The molecule has 2 N–H and O–H groups in total. The van der Waals surface area contributed by atoms with E-state index in [0.717, 1.165) is 75.6 Å². The molecule has 2 aromatic carbocycles. The van der Waals surface area contributed by atoms with Crippen LogP contribution >= 0.6 is 0 Å². The van der Waals surface area contributed by atoms with E-state index in [-0.39, 0.29) is 5.82 Å². The Labute approximate surface area is 231 Å². The zero-order valence-electron chi connectivity index (χ0n) is 22.0. The molecule has 4 heterocycles. The number of aromatic nitrogens is 4. The molecule has 1 aliphatic carbocycles. The number of pyridine rings is 1. The highest BCUT2D eigenvalue weighted by molar-refractivity contribution is 5.96. The third-order valence-corrected chi connectivity index (χ3v) is 7.54. The first-order chi connectivity index (χ1) is 19.7. The third-order valence-electron chi connectivity index (χ3n) is 7.54. The van der Waals surface area contributed by atoms with Gasteiger partial charge in [-0.05, 0) is 73.5 Å².